The Bertz CT molecular complexity index is 480. The molecule has 1 aromatic heterocycles. The van der Waals surface area contributed by atoms with Crippen molar-refractivity contribution in [2.45, 2.75) is 33.0 Å². The van der Waals surface area contributed by atoms with Crippen LogP contribution in [0.1, 0.15) is 25.0 Å². The molecule has 1 N–H and O–H groups in total. The number of hydrogen-bond acceptors (Lipinski definition) is 3. The summed E-state index contributed by atoms with van der Waals surface area (Å²) in [6.07, 6.45) is 3.55. The summed E-state index contributed by atoms with van der Waals surface area (Å²) in [7, 11) is 0. The molecule has 100 valence electrons. The zero-order chi connectivity index (χ0) is 13.5. The highest BCUT2D eigenvalue weighted by Gasteiger charge is 1.98. The van der Waals surface area contributed by atoms with E-state index < -0.39 is 0 Å². The second-order valence-electron chi connectivity index (χ2n) is 4.82. The molecular formula is C16H20N2O. The molecule has 0 aliphatic carbocycles. The van der Waals surface area contributed by atoms with E-state index >= 15 is 0 Å². The molecule has 0 saturated carbocycles. The number of hydrogen-bond donors (Lipinski definition) is 1. The first kappa shape index (κ1) is 13.6. The molecule has 0 aliphatic heterocycles. The first-order chi connectivity index (χ1) is 9.24. The number of pyridine rings is 1. The average molecular weight is 256 g/mol. The molecular weight excluding hydrogens is 236 g/mol. The molecule has 1 aromatic carbocycles. The highest BCUT2D eigenvalue weighted by molar-refractivity contribution is 5.27. The van der Waals surface area contributed by atoms with E-state index in [2.05, 4.69) is 36.3 Å². The van der Waals surface area contributed by atoms with Gasteiger partial charge in [-0.1, -0.05) is 26.0 Å². The smallest absolute Gasteiger partial charge is 0.119 e. The van der Waals surface area contributed by atoms with Crippen molar-refractivity contribution in [3.8, 4) is 5.75 Å². The summed E-state index contributed by atoms with van der Waals surface area (Å²) in [6.45, 7) is 5.76. The number of benzene rings is 1. The molecule has 0 aliphatic rings. The van der Waals surface area contributed by atoms with Gasteiger partial charge in [0.2, 0.25) is 0 Å². The second kappa shape index (κ2) is 6.90. The molecule has 0 bridgehead atoms. The third kappa shape index (κ3) is 4.72. The Morgan fingerprint density at radius 2 is 1.68 bits per heavy atom. The summed E-state index contributed by atoms with van der Waals surface area (Å²) < 4.78 is 5.72. The van der Waals surface area contributed by atoms with Gasteiger partial charge in [-0.05, 0) is 35.4 Å². The molecule has 3 nitrogen and oxygen atoms in total. The van der Waals surface area contributed by atoms with Crippen molar-refractivity contribution in [3.05, 3.63) is 59.9 Å². The van der Waals surface area contributed by atoms with Gasteiger partial charge in [0.1, 0.15) is 12.4 Å². The fourth-order valence-corrected chi connectivity index (χ4v) is 1.67. The van der Waals surface area contributed by atoms with Crippen LogP contribution in [0.3, 0.4) is 0 Å². The fourth-order valence-electron chi connectivity index (χ4n) is 1.67. The summed E-state index contributed by atoms with van der Waals surface area (Å²) in [4.78, 5) is 3.98. The van der Waals surface area contributed by atoms with Crippen LogP contribution in [0.5, 0.6) is 5.75 Å². The standard InChI is InChI=1S/C16H20N2O/c1-13(2)18-11-14-3-5-16(6-4-14)19-12-15-7-9-17-10-8-15/h3-10,13,18H,11-12H2,1-2H3. The molecule has 0 radical (unpaired) electrons. The summed E-state index contributed by atoms with van der Waals surface area (Å²) in [5.74, 6) is 0.894. The van der Waals surface area contributed by atoms with E-state index in [1.165, 1.54) is 5.56 Å². The van der Waals surface area contributed by atoms with Gasteiger partial charge < -0.3 is 10.1 Å². The molecule has 2 aromatic rings. The predicted octanol–water partition coefficient (Wildman–Crippen LogP) is 3.16. The number of nitrogens with zero attached hydrogens (tertiary/aromatic N) is 1. The topological polar surface area (TPSA) is 34.1 Å². The lowest BCUT2D eigenvalue weighted by atomic mass is 10.2. The largest absolute Gasteiger partial charge is 0.489 e. The molecule has 3 heteroatoms. The average Bonchev–Trinajstić information content (AvgIpc) is 2.45. The van der Waals surface area contributed by atoms with Crippen molar-refractivity contribution < 1.29 is 4.74 Å². The maximum absolute atomic E-state index is 5.72. The van der Waals surface area contributed by atoms with Crippen LogP contribution < -0.4 is 10.1 Å². The van der Waals surface area contributed by atoms with Crippen LogP contribution in [0, 0.1) is 0 Å². The highest BCUT2D eigenvalue weighted by Crippen LogP contribution is 2.14. The third-order valence-electron chi connectivity index (χ3n) is 2.79. The van der Waals surface area contributed by atoms with Crippen LogP contribution in [-0.4, -0.2) is 11.0 Å². The molecule has 0 saturated heterocycles. The quantitative estimate of drug-likeness (QED) is 0.862. The molecule has 2 rings (SSSR count). The molecule has 0 fully saturated rings. The lowest BCUT2D eigenvalue weighted by molar-refractivity contribution is 0.306. The van der Waals surface area contributed by atoms with Crippen molar-refractivity contribution in [2.75, 3.05) is 0 Å². The van der Waals surface area contributed by atoms with Crippen molar-refractivity contribution in [1.29, 1.82) is 0 Å². The Hall–Kier alpha value is -1.87. The predicted molar refractivity (Wildman–Crippen MR) is 77.0 cm³/mol. The van der Waals surface area contributed by atoms with Crippen LogP contribution in [0.2, 0.25) is 0 Å². The Balaban J connectivity index is 1.85. The number of ether oxygens (including phenoxy) is 1. The minimum Gasteiger partial charge on any atom is -0.489 e. The first-order valence-electron chi connectivity index (χ1n) is 6.58. The van der Waals surface area contributed by atoms with Crippen LogP contribution in [-0.2, 0) is 13.2 Å². The van der Waals surface area contributed by atoms with Gasteiger partial charge in [0, 0.05) is 25.0 Å². The number of nitrogens with one attached hydrogen (secondary N) is 1. The minimum atomic E-state index is 0.502. The van der Waals surface area contributed by atoms with Gasteiger partial charge in [0.05, 0.1) is 0 Å². The summed E-state index contributed by atoms with van der Waals surface area (Å²) in [5, 5.41) is 3.39. The Morgan fingerprint density at radius 3 is 2.32 bits per heavy atom. The van der Waals surface area contributed by atoms with E-state index in [1.54, 1.807) is 12.4 Å². The molecule has 0 atom stereocenters. The Kier molecular flexibility index (Phi) is 4.93. The van der Waals surface area contributed by atoms with Gasteiger partial charge >= 0.3 is 0 Å². The van der Waals surface area contributed by atoms with Crippen molar-refractivity contribution in [1.82, 2.24) is 10.3 Å². The Labute approximate surface area is 114 Å². The van der Waals surface area contributed by atoms with Gasteiger partial charge in [0.25, 0.3) is 0 Å². The van der Waals surface area contributed by atoms with Crippen LogP contribution in [0.15, 0.2) is 48.8 Å². The normalized spacial score (nSPS) is 10.7. The summed E-state index contributed by atoms with van der Waals surface area (Å²) in [5.41, 5.74) is 2.39. The maximum Gasteiger partial charge on any atom is 0.119 e. The minimum absolute atomic E-state index is 0.502. The van der Waals surface area contributed by atoms with Gasteiger partial charge in [0.15, 0.2) is 0 Å². The van der Waals surface area contributed by atoms with Gasteiger partial charge in [-0.25, -0.2) is 0 Å². The van der Waals surface area contributed by atoms with E-state index in [0.29, 0.717) is 12.6 Å². The molecule has 1 heterocycles. The van der Waals surface area contributed by atoms with Gasteiger partial charge in [-0.2, -0.15) is 0 Å². The molecule has 0 spiro atoms. The van der Waals surface area contributed by atoms with Crippen molar-refractivity contribution >= 4 is 0 Å². The monoisotopic (exact) mass is 256 g/mol. The van der Waals surface area contributed by atoms with E-state index in [-0.39, 0.29) is 0 Å². The highest BCUT2D eigenvalue weighted by atomic mass is 16.5. The van der Waals surface area contributed by atoms with Crippen LogP contribution in [0.25, 0.3) is 0 Å². The van der Waals surface area contributed by atoms with Crippen molar-refractivity contribution in [3.63, 3.8) is 0 Å². The van der Waals surface area contributed by atoms with E-state index in [1.807, 2.05) is 24.3 Å². The van der Waals surface area contributed by atoms with Crippen LogP contribution in [0.4, 0.5) is 0 Å². The van der Waals surface area contributed by atoms with Gasteiger partial charge in [-0.3, -0.25) is 4.98 Å². The van der Waals surface area contributed by atoms with Gasteiger partial charge in [-0.15, -0.1) is 0 Å². The summed E-state index contributed by atoms with van der Waals surface area (Å²) in [6, 6.07) is 12.6. The zero-order valence-electron chi connectivity index (χ0n) is 11.5. The number of rotatable bonds is 6. The molecule has 0 unspecified atom stereocenters. The number of aromatic nitrogens is 1. The lowest BCUT2D eigenvalue weighted by Crippen LogP contribution is -2.21. The first-order valence-corrected chi connectivity index (χ1v) is 6.58. The van der Waals surface area contributed by atoms with Crippen molar-refractivity contribution in [2.24, 2.45) is 0 Å². The SMILES string of the molecule is CC(C)NCc1ccc(OCc2ccncc2)cc1. The second-order valence-corrected chi connectivity index (χ2v) is 4.82. The van der Waals surface area contributed by atoms with Crippen LogP contribution >= 0.6 is 0 Å². The molecule has 0 amide bonds. The lowest BCUT2D eigenvalue weighted by Gasteiger charge is -2.09. The molecule has 19 heavy (non-hydrogen) atoms. The van der Waals surface area contributed by atoms with E-state index in [0.717, 1.165) is 17.9 Å². The maximum atomic E-state index is 5.72. The van der Waals surface area contributed by atoms with E-state index in [4.69, 9.17) is 4.74 Å². The fraction of sp³-hybridized carbons (Fsp3) is 0.312. The van der Waals surface area contributed by atoms with E-state index in [9.17, 15) is 0 Å². The zero-order valence-corrected chi connectivity index (χ0v) is 11.5. The Morgan fingerprint density at radius 1 is 1.00 bits per heavy atom. The summed E-state index contributed by atoms with van der Waals surface area (Å²) >= 11 is 0. The third-order valence-corrected chi connectivity index (χ3v) is 2.79.